The second-order valence-electron chi connectivity index (χ2n) is 6.38. The molecular weight excluding hydrogens is 366 g/mol. The average molecular weight is 384 g/mol. The molecule has 28 heavy (non-hydrogen) atoms. The molecule has 2 aromatic carbocycles. The van der Waals surface area contributed by atoms with Crippen molar-refractivity contribution in [3.63, 3.8) is 0 Å². The van der Waals surface area contributed by atoms with Crippen molar-refractivity contribution in [2.75, 3.05) is 25.0 Å². The van der Waals surface area contributed by atoms with Gasteiger partial charge in [-0.2, -0.15) is 5.10 Å². The molecule has 0 spiro atoms. The highest BCUT2D eigenvalue weighted by Gasteiger charge is 2.18. The lowest BCUT2D eigenvalue weighted by Crippen LogP contribution is -2.33. The van der Waals surface area contributed by atoms with Gasteiger partial charge in [0.25, 0.3) is 5.91 Å². The van der Waals surface area contributed by atoms with E-state index < -0.39 is 11.7 Å². The molecule has 8 heteroatoms. The number of aromatic nitrogens is 2. The molecule has 0 radical (unpaired) electrons. The number of morpholine rings is 1. The first-order valence-corrected chi connectivity index (χ1v) is 8.85. The summed E-state index contributed by atoms with van der Waals surface area (Å²) in [6.07, 6.45) is 1.37. The first-order valence-electron chi connectivity index (χ1n) is 8.85. The van der Waals surface area contributed by atoms with Crippen LogP contribution in [0.25, 0.3) is 5.69 Å². The number of halogens is 2. The first-order chi connectivity index (χ1) is 13.6. The van der Waals surface area contributed by atoms with Crippen molar-refractivity contribution in [3.8, 4) is 5.69 Å². The van der Waals surface area contributed by atoms with E-state index in [4.69, 9.17) is 4.74 Å². The number of hydrogen-bond acceptors (Lipinski definition) is 4. The van der Waals surface area contributed by atoms with Crippen molar-refractivity contribution in [3.05, 3.63) is 77.6 Å². The number of nitrogens with one attached hydrogen (secondary N) is 2. The molecule has 4 rings (SSSR count). The summed E-state index contributed by atoms with van der Waals surface area (Å²) in [5, 5.41) is 9.87. The van der Waals surface area contributed by atoms with Gasteiger partial charge in [0, 0.05) is 19.3 Å². The van der Waals surface area contributed by atoms with Crippen LogP contribution in [-0.4, -0.2) is 35.4 Å². The van der Waals surface area contributed by atoms with E-state index in [0.717, 1.165) is 6.54 Å². The van der Waals surface area contributed by atoms with E-state index in [1.165, 1.54) is 35.0 Å². The Morgan fingerprint density at radius 3 is 2.71 bits per heavy atom. The minimum Gasteiger partial charge on any atom is -0.371 e. The predicted octanol–water partition coefficient (Wildman–Crippen LogP) is 3.06. The zero-order chi connectivity index (χ0) is 19.5. The van der Waals surface area contributed by atoms with E-state index in [-0.39, 0.29) is 23.3 Å². The summed E-state index contributed by atoms with van der Waals surface area (Å²) in [7, 11) is 0. The molecule has 1 aromatic heterocycles. The lowest BCUT2D eigenvalue weighted by atomic mass is 10.1. The molecule has 2 heterocycles. The Hall–Kier alpha value is -3.10. The summed E-state index contributed by atoms with van der Waals surface area (Å²) in [5.41, 5.74) is 1.50. The third-order valence-electron chi connectivity index (χ3n) is 4.45. The Balaban J connectivity index is 1.47. The first kappa shape index (κ1) is 18.3. The van der Waals surface area contributed by atoms with Gasteiger partial charge in [0.2, 0.25) is 0 Å². The van der Waals surface area contributed by atoms with E-state index in [9.17, 15) is 13.6 Å². The molecule has 3 aromatic rings. The summed E-state index contributed by atoms with van der Waals surface area (Å²) < 4.78 is 34.5. The molecule has 1 aliphatic heterocycles. The molecule has 1 atom stereocenters. The Kier molecular flexibility index (Phi) is 5.14. The number of benzene rings is 2. The number of anilines is 1. The quantitative estimate of drug-likeness (QED) is 0.726. The number of rotatable bonds is 4. The van der Waals surface area contributed by atoms with Crippen LogP contribution in [0, 0.1) is 11.6 Å². The molecule has 0 unspecified atom stereocenters. The zero-order valence-corrected chi connectivity index (χ0v) is 14.9. The summed E-state index contributed by atoms with van der Waals surface area (Å²) in [6.45, 7) is 1.96. The average Bonchev–Trinajstić information content (AvgIpc) is 3.21. The molecule has 6 nitrogen and oxygen atoms in total. The molecule has 1 aliphatic rings. The van der Waals surface area contributed by atoms with Crippen molar-refractivity contribution in [2.45, 2.75) is 6.10 Å². The molecule has 0 aliphatic carbocycles. The van der Waals surface area contributed by atoms with Crippen LogP contribution in [0.5, 0.6) is 0 Å². The summed E-state index contributed by atoms with van der Waals surface area (Å²) in [4.78, 5) is 12.4. The number of carbonyl (C=O) groups is 1. The van der Waals surface area contributed by atoms with Gasteiger partial charge in [0.05, 0.1) is 24.1 Å². The van der Waals surface area contributed by atoms with E-state index in [1.54, 1.807) is 24.4 Å². The third kappa shape index (κ3) is 3.92. The highest BCUT2D eigenvalue weighted by Crippen LogP contribution is 2.24. The van der Waals surface area contributed by atoms with E-state index in [2.05, 4.69) is 15.7 Å². The molecule has 1 fully saturated rings. The minimum absolute atomic E-state index is 0.0638. The molecular formula is C20H18F2N4O2. The maximum absolute atomic E-state index is 14.4. The lowest BCUT2D eigenvalue weighted by molar-refractivity contribution is 0.0275. The highest BCUT2D eigenvalue weighted by molar-refractivity contribution is 6.02. The molecule has 144 valence electrons. The van der Waals surface area contributed by atoms with Crippen LogP contribution in [0.1, 0.15) is 22.2 Å². The number of hydrogen-bond donors (Lipinski definition) is 2. The predicted molar refractivity (Wildman–Crippen MR) is 99.4 cm³/mol. The Labute approximate surface area is 160 Å². The topological polar surface area (TPSA) is 68.2 Å². The van der Waals surface area contributed by atoms with Gasteiger partial charge in [-0.25, -0.2) is 13.5 Å². The van der Waals surface area contributed by atoms with Crippen molar-refractivity contribution in [1.29, 1.82) is 0 Å². The number of carbonyl (C=O) groups excluding carboxylic acids is 1. The fraction of sp³-hybridized carbons (Fsp3) is 0.200. The second-order valence-corrected chi connectivity index (χ2v) is 6.38. The summed E-state index contributed by atoms with van der Waals surface area (Å²) in [5.74, 6) is -1.44. The molecule has 1 saturated heterocycles. The molecule has 2 N–H and O–H groups in total. The largest absolute Gasteiger partial charge is 0.371 e. The van der Waals surface area contributed by atoms with Crippen molar-refractivity contribution in [2.24, 2.45) is 0 Å². The van der Waals surface area contributed by atoms with Crippen LogP contribution in [0.3, 0.4) is 0 Å². The molecule has 0 bridgehead atoms. The van der Waals surface area contributed by atoms with Crippen molar-refractivity contribution < 1.29 is 18.3 Å². The Bertz CT molecular complexity index is 982. The third-order valence-corrected chi connectivity index (χ3v) is 4.45. The zero-order valence-electron chi connectivity index (χ0n) is 14.9. The van der Waals surface area contributed by atoms with E-state index in [0.29, 0.717) is 24.4 Å². The van der Waals surface area contributed by atoms with Gasteiger partial charge >= 0.3 is 0 Å². The van der Waals surface area contributed by atoms with Gasteiger partial charge in [0.1, 0.15) is 11.6 Å². The molecule has 1 amide bonds. The smallest absolute Gasteiger partial charge is 0.276 e. The van der Waals surface area contributed by atoms with Gasteiger partial charge < -0.3 is 15.4 Å². The fourth-order valence-electron chi connectivity index (χ4n) is 2.98. The van der Waals surface area contributed by atoms with Gasteiger partial charge in [-0.15, -0.1) is 0 Å². The maximum Gasteiger partial charge on any atom is 0.276 e. The van der Waals surface area contributed by atoms with E-state index in [1.807, 2.05) is 0 Å². The van der Waals surface area contributed by atoms with Gasteiger partial charge in [-0.1, -0.05) is 6.07 Å². The lowest BCUT2D eigenvalue weighted by Gasteiger charge is -2.24. The molecule has 0 saturated carbocycles. The monoisotopic (exact) mass is 384 g/mol. The normalized spacial score (nSPS) is 16.7. The fourth-order valence-corrected chi connectivity index (χ4v) is 2.98. The SMILES string of the molecule is O=C(Nc1ccc([C@H]2CNCCO2)cc1F)c1ccn(-c2ccc(F)cc2)n1. The number of nitrogens with zero attached hydrogens (tertiary/aromatic N) is 2. The number of amides is 1. The van der Waals surface area contributed by atoms with Gasteiger partial charge in [-0.05, 0) is 48.0 Å². The van der Waals surface area contributed by atoms with Gasteiger partial charge in [0.15, 0.2) is 5.69 Å². The highest BCUT2D eigenvalue weighted by atomic mass is 19.1. The second kappa shape index (κ2) is 7.87. The van der Waals surface area contributed by atoms with Crippen LogP contribution >= 0.6 is 0 Å². The van der Waals surface area contributed by atoms with Crippen LogP contribution < -0.4 is 10.6 Å². The van der Waals surface area contributed by atoms with Crippen LogP contribution in [0.2, 0.25) is 0 Å². The minimum atomic E-state index is -0.544. The standard InChI is InChI=1S/C20H18F2N4O2/c21-14-2-4-15(5-3-14)26-9-7-18(25-26)20(27)24-17-6-1-13(11-16(17)22)19-12-23-8-10-28-19/h1-7,9,11,19,23H,8,10,12H2,(H,24,27)/t19-/m1/s1. The maximum atomic E-state index is 14.4. The van der Waals surface area contributed by atoms with Crippen LogP contribution in [-0.2, 0) is 4.74 Å². The van der Waals surface area contributed by atoms with Gasteiger partial charge in [-0.3, -0.25) is 4.79 Å². The van der Waals surface area contributed by atoms with Crippen LogP contribution in [0.4, 0.5) is 14.5 Å². The summed E-state index contributed by atoms with van der Waals surface area (Å²) in [6, 6.07) is 11.8. The number of ether oxygens (including phenoxy) is 1. The van der Waals surface area contributed by atoms with Crippen LogP contribution in [0.15, 0.2) is 54.7 Å². The Morgan fingerprint density at radius 1 is 1.18 bits per heavy atom. The summed E-state index contributed by atoms with van der Waals surface area (Å²) >= 11 is 0. The van der Waals surface area contributed by atoms with Crippen molar-refractivity contribution in [1.82, 2.24) is 15.1 Å². The Morgan fingerprint density at radius 2 is 2.00 bits per heavy atom. The van der Waals surface area contributed by atoms with E-state index >= 15 is 0 Å². The van der Waals surface area contributed by atoms with Crippen molar-refractivity contribution >= 4 is 11.6 Å².